The van der Waals surface area contributed by atoms with E-state index in [-0.39, 0.29) is 5.91 Å². The highest BCUT2D eigenvalue weighted by atomic mass is 16.1. The molecule has 0 aliphatic heterocycles. The summed E-state index contributed by atoms with van der Waals surface area (Å²) in [6, 6.07) is 9.21. The van der Waals surface area contributed by atoms with E-state index >= 15 is 0 Å². The summed E-state index contributed by atoms with van der Waals surface area (Å²) in [6.45, 7) is 2.50. The summed E-state index contributed by atoms with van der Waals surface area (Å²) in [5.74, 6) is -0.101. The van der Waals surface area contributed by atoms with Gasteiger partial charge in [-0.15, -0.1) is 0 Å². The van der Waals surface area contributed by atoms with E-state index in [0.29, 0.717) is 17.8 Å². The molecule has 19 heavy (non-hydrogen) atoms. The first-order valence-electron chi connectivity index (χ1n) is 6.20. The van der Waals surface area contributed by atoms with E-state index in [1.54, 1.807) is 24.5 Å². The maximum absolute atomic E-state index is 11.9. The second-order valence-electron chi connectivity index (χ2n) is 4.44. The number of hydrogen-bond acceptors (Lipinski definition) is 3. The van der Waals surface area contributed by atoms with Crippen LogP contribution in [0.2, 0.25) is 0 Å². The number of hydrogen-bond donors (Lipinski definition) is 2. The average Bonchev–Trinajstić information content (AvgIpc) is 2.43. The fourth-order valence-corrected chi connectivity index (χ4v) is 1.75. The number of nitrogens with one attached hydrogen (secondary N) is 1. The first-order valence-corrected chi connectivity index (χ1v) is 6.20. The molecule has 4 nitrogen and oxygen atoms in total. The molecule has 0 unspecified atom stereocenters. The zero-order valence-corrected chi connectivity index (χ0v) is 10.9. The third kappa shape index (κ3) is 3.55. The number of aryl methyl sites for hydroxylation is 1. The van der Waals surface area contributed by atoms with E-state index in [1.165, 1.54) is 0 Å². The highest BCUT2D eigenvalue weighted by Gasteiger charge is 2.06. The monoisotopic (exact) mass is 255 g/mol. The van der Waals surface area contributed by atoms with Gasteiger partial charge in [-0.2, -0.15) is 0 Å². The summed E-state index contributed by atoms with van der Waals surface area (Å²) in [7, 11) is 0. The quantitative estimate of drug-likeness (QED) is 0.820. The average molecular weight is 255 g/mol. The molecule has 1 aromatic heterocycles. The van der Waals surface area contributed by atoms with Crippen LogP contribution in [-0.2, 0) is 6.42 Å². The largest absolute Gasteiger partial charge is 0.398 e. The topological polar surface area (TPSA) is 68.0 Å². The number of rotatable bonds is 4. The van der Waals surface area contributed by atoms with Gasteiger partial charge >= 0.3 is 0 Å². The molecular weight excluding hydrogens is 238 g/mol. The van der Waals surface area contributed by atoms with Crippen molar-refractivity contribution in [2.75, 3.05) is 12.3 Å². The molecule has 0 spiro atoms. The van der Waals surface area contributed by atoms with E-state index in [2.05, 4.69) is 10.3 Å². The van der Waals surface area contributed by atoms with Crippen LogP contribution in [0.4, 0.5) is 5.69 Å². The molecule has 1 aromatic carbocycles. The minimum Gasteiger partial charge on any atom is -0.398 e. The van der Waals surface area contributed by atoms with Crippen molar-refractivity contribution in [1.82, 2.24) is 10.3 Å². The van der Waals surface area contributed by atoms with Gasteiger partial charge in [0.25, 0.3) is 5.91 Å². The van der Waals surface area contributed by atoms with E-state index in [4.69, 9.17) is 5.73 Å². The summed E-state index contributed by atoms with van der Waals surface area (Å²) in [4.78, 5) is 15.9. The van der Waals surface area contributed by atoms with Crippen LogP contribution >= 0.6 is 0 Å². The molecule has 0 saturated carbocycles. The smallest absolute Gasteiger partial charge is 0.251 e. The lowest BCUT2D eigenvalue weighted by Gasteiger charge is -2.07. The van der Waals surface area contributed by atoms with Crippen LogP contribution in [-0.4, -0.2) is 17.4 Å². The van der Waals surface area contributed by atoms with Crippen molar-refractivity contribution < 1.29 is 4.79 Å². The summed E-state index contributed by atoms with van der Waals surface area (Å²) in [6.07, 6.45) is 4.30. The van der Waals surface area contributed by atoms with Crippen LogP contribution in [0.5, 0.6) is 0 Å². The van der Waals surface area contributed by atoms with Crippen LogP contribution in [0, 0.1) is 6.92 Å². The van der Waals surface area contributed by atoms with Crippen molar-refractivity contribution in [3.63, 3.8) is 0 Å². The van der Waals surface area contributed by atoms with Crippen molar-refractivity contribution in [3.8, 4) is 0 Å². The van der Waals surface area contributed by atoms with Crippen LogP contribution in [0.25, 0.3) is 0 Å². The van der Waals surface area contributed by atoms with E-state index in [9.17, 15) is 4.79 Å². The van der Waals surface area contributed by atoms with Crippen molar-refractivity contribution in [2.45, 2.75) is 13.3 Å². The predicted octanol–water partition coefficient (Wildman–Crippen LogP) is 1.94. The summed E-state index contributed by atoms with van der Waals surface area (Å²) >= 11 is 0. The Hall–Kier alpha value is -2.36. The number of carbonyl (C=O) groups is 1. The molecule has 0 atom stereocenters. The van der Waals surface area contributed by atoms with Crippen LogP contribution in [0.3, 0.4) is 0 Å². The van der Waals surface area contributed by atoms with E-state index in [0.717, 1.165) is 17.5 Å². The Morgan fingerprint density at radius 2 is 2.21 bits per heavy atom. The molecule has 2 aromatic rings. The number of amides is 1. The van der Waals surface area contributed by atoms with E-state index in [1.807, 2.05) is 25.1 Å². The number of nitrogen functional groups attached to an aromatic ring is 1. The van der Waals surface area contributed by atoms with Gasteiger partial charge in [-0.25, -0.2) is 0 Å². The van der Waals surface area contributed by atoms with Crippen LogP contribution in [0.15, 0.2) is 42.7 Å². The molecule has 0 aliphatic carbocycles. The molecule has 0 fully saturated rings. The Morgan fingerprint density at radius 1 is 1.37 bits per heavy atom. The summed E-state index contributed by atoms with van der Waals surface area (Å²) in [5, 5.41) is 2.87. The van der Waals surface area contributed by atoms with E-state index < -0.39 is 0 Å². The van der Waals surface area contributed by atoms with Crippen molar-refractivity contribution in [2.24, 2.45) is 0 Å². The third-order valence-electron chi connectivity index (χ3n) is 2.96. The van der Waals surface area contributed by atoms with Crippen molar-refractivity contribution in [3.05, 3.63) is 59.4 Å². The molecule has 0 radical (unpaired) electrons. The number of nitrogens with two attached hydrogens (primary N) is 1. The Morgan fingerprint density at radius 3 is 2.89 bits per heavy atom. The zero-order valence-electron chi connectivity index (χ0n) is 10.9. The zero-order chi connectivity index (χ0) is 13.7. The lowest BCUT2D eigenvalue weighted by Crippen LogP contribution is -2.25. The maximum atomic E-state index is 11.9. The number of carbonyl (C=O) groups excluding carboxylic acids is 1. The SMILES string of the molecule is Cc1ccc(C(=O)NCCc2cccnc2)cc1N. The first kappa shape index (κ1) is 13.1. The van der Waals surface area contributed by atoms with Gasteiger partial charge in [0.1, 0.15) is 0 Å². The fraction of sp³-hybridized carbons (Fsp3) is 0.200. The number of benzene rings is 1. The molecule has 0 saturated heterocycles. The number of nitrogens with zero attached hydrogens (tertiary/aromatic N) is 1. The molecule has 98 valence electrons. The lowest BCUT2D eigenvalue weighted by atomic mass is 10.1. The normalized spacial score (nSPS) is 10.2. The molecule has 1 amide bonds. The molecule has 4 heteroatoms. The van der Waals surface area contributed by atoms with Gasteiger partial charge in [-0.3, -0.25) is 9.78 Å². The molecule has 3 N–H and O–H groups in total. The van der Waals surface area contributed by atoms with Gasteiger partial charge in [0.2, 0.25) is 0 Å². The predicted molar refractivity (Wildman–Crippen MR) is 75.9 cm³/mol. The van der Waals surface area contributed by atoms with Gasteiger partial charge in [0.15, 0.2) is 0 Å². The second-order valence-corrected chi connectivity index (χ2v) is 4.44. The molecule has 2 rings (SSSR count). The second kappa shape index (κ2) is 6.00. The summed E-state index contributed by atoms with van der Waals surface area (Å²) < 4.78 is 0. The maximum Gasteiger partial charge on any atom is 0.251 e. The Balaban J connectivity index is 1.89. The minimum absolute atomic E-state index is 0.101. The lowest BCUT2D eigenvalue weighted by molar-refractivity contribution is 0.0954. The highest BCUT2D eigenvalue weighted by Crippen LogP contribution is 2.12. The van der Waals surface area contributed by atoms with Gasteiger partial charge in [0.05, 0.1) is 0 Å². The fourth-order valence-electron chi connectivity index (χ4n) is 1.75. The van der Waals surface area contributed by atoms with Crippen molar-refractivity contribution in [1.29, 1.82) is 0 Å². The Labute approximate surface area is 112 Å². The molecule has 1 heterocycles. The Bertz CT molecular complexity index is 567. The number of aromatic nitrogens is 1. The van der Waals surface area contributed by atoms with Gasteiger partial charge < -0.3 is 11.1 Å². The van der Waals surface area contributed by atoms with Gasteiger partial charge in [0, 0.05) is 30.2 Å². The number of anilines is 1. The number of pyridine rings is 1. The standard InChI is InChI=1S/C15H17N3O/c1-11-4-5-13(9-14(11)16)15(19)18-8-6-12-3-2-7-17-10-12/h2-5,7,9-10H,6,8,16H2,1H3,(H,18,19). The van der Waals surface area contributed by atoms with Gasteiger partial charge in [-0.05, 0) is 42.7 Å². The minimum atomic E-state index is -0.101. The third-order valence-corrected chi connectivity index (χ3v) is 2.96. The molecule has 0 aliphatic rings. The van der Waals surface area contributed by atoms with Crippen LogP contribution in [0.1, 0.15) is 21.5 Å². The van der Waals surface area contributed by atoms with Gasteiger partial charge in [-0.1, -0.05) is 12.1 Å². The first-order chi connectivity index (χ1) is 9.16. The molecule has 0 bridgehead atoms. The van der Waals surface area contributed by atoms with Crippen LogP contribution < -0.4 is 11.1 Å². The Kier molecular flexibility index (Phi) is 4.13. The molecular formula is C15H17N3O. The highest BCUT2D eigenvalue weighted by molar-refractivity contribution is 5.95. The summed E-state index contributed by atoms with van der Waals surface area (Å²) in [5.41, 5.74) is 9.10. The van der Waals surface area contributed by atoms with Crippen molar-refractivity contribution >= 4 is 11.6 Å².